The van der Waals surface area contributed by atoms with Crippen molar-refractivity contribution in [2.45, 2.75) is 51.9 Å². The molecule has 126 valence electrons. The fraction of sp³-hybridized carbons (Fsp3) is 0.650. The van der Waals surface area contributed by atoms with Crippen molar-refractivity contribution >= 4 is 11.6 Å². The summed E-state index contributed by atoms with van der Waals surface area (Å²) in [5.41, 5.74) is 2.36. The number of anilines is 1. The van der Waals surface area contributed by atoms with E-state index in [0.717, 1.165) is 37.5 Å². The number of benzene rings is 1. The lowest BCUT2D eigenvalue weighted by Gasteiger charge is -2.31. The van der Waals surface area contributed by atoms with Gasteiger partial charge < -0.3 is 10.2 Å². The minimum Gasteiger partial charge on any atom is -0.326 e. The molecule has 1 aliphatic heterocycles. The molecule has 0 aromatic heterocycles. The lowest BCUT2D eigenvalue weighted by molar-refractivity contribution is -0.121. The fourth-order valence-corrected chi connectivity index (χ4v) is 3.34. The van der Waals surface area contributed by atoms with E-state index in [1.165, 1.54) is 24.9 Å². The maximum Gasteiger partial charge on any atom is 0.227 e. The Bertz CT molecular complexity index is 532. The van der Waals surface area contributed by atoms with Crippen molar-refractivity contribution in [3.8, 4) is 0 Å². The van der Waals surface area contributed by atoms with Crippen molar-refractivity contribution in [3.63, 3.8) is 0 Å². The van der Waals surface area contributed by atoms with Gasteiger partial charge in [0.15, 0.2) is 0 Å². The molecule has 1 saturated heterocycles. The molecular weight excluding hydrogens is 284 g/mol. The zero-order chi connectivity index (χ0) is 16.4. The normalized spacial score (nSPS) is 20.5. The van der Waals surface area contributed by atoms with Crippen molar-refractivity contribution in [2.75, 3.05) is 25.0 Å². The van der Waals surface area contributed by atoms with Crippen LogP contribution in [0, 0.1) is 11.8 Å². The van der Waals surface area contributed by atoms with E-state index in [0.29, 0.717) is 0 Å². The van der Waals surface area contributed by atoms with Crippen LogP contribution in [0.3, 0.4) is 0 Å². The van der Waals surface area contributed by atoms with E-state index in [4.69, 9.17) is 0 Å². The van der Waals surface area contributed by atoms with Crippen LogP contribution in [0.15, 0.2) is 24.3 Å². The highest BCUT2D eigenvalue weighted by Crippen LogP contribution is 2.31. The average molecular weight is 314 g/mol. The third-order valence-electron chi connectivity index (χ3n) is 5.19. The summed E-state index contributed by atoms with van der Waals surface area (Å²) in [4.78, 5) is 15.0. The van der Waals surface area contributed by atoms with Crippen LogP contribution in [-0.4, -0.2) is 30.4 Å². The first-order valence-corrected chi connectivity index (χ1v) is 9.05. The summed E-state index contributed by atoms with van der Waals surface area (Å²) in [5, 5.41) is 3.10. The van der Waals surface area contributed by atoms with Crippen LogP contribution in [-0.2, 0) is 10.2 Å². The second kappa shape index (κ2) is 6.64. The Balaban J connectivity index is 1.49. The second-order valence-corrected chi connectivity index (χ2v) is 8.33. The quantitative estimate of drug-likeness (QED) is 0.909. The van der Waals surface area contributed by atoms with Gasteiger partial charge in [-0.25, -0.2) is 0 Å². The van der Waals surface area contributed by atoms with Gasteiger partial charge in [-0.1, -0.05) is 32.9 Å². The molecule has 0 unspecified atom stereocenters. The van der Waals surface area contributed by atoms with Crippen LogP contribution in [0.5, 0.6) is 0 Å². The van der Waals surface area contributed by atoms with Crippen LogP contribution >= 0.6 is 0 Å². The highest BCUT2D eigenvalue weighted by atomic mass is 16.1. The minimum atomic E-state index is 0.150. The van der Waals surface area contributed by atoms with Gasteiger partial charge in [0.2, 0.25) is 5.91 Å². The molecule has 3 rings (SSSR count). The first-order valence-electron chi connectivity index (χ1n) is 9.05. The molecule has 1 aromatic rings. The van der Waals surface area contributed by atoms with E-state index in [-0.39, 0.29) is 17.2 Å². The maximum atomic E-state index is 12.5. The van der Waals surface area contributed by atoms with Crippen molar-refractivity contribution in [2.24, 2.45) is 11.8 Å². The Labute approximate surface area is 140 Å². The predicted octanol–water partition coefficient (Wildman–Crippen LogP) is 4.04. The highest BCUT2D eigenvalue weighted by molar-refractivity contribution is 5.92. The van der Waals surface area contributed by atoms with Crippen LogP contribution in [0.4, 0.5) is 5.69 Å². The van der Waals surface area contributed by atoms with Gasteiger partial charge in [-0.3, -0.25) is 4.79 Å². The number of amides is 1. The zero-order valence-corrected chi connectivity index (χ0v) is 14.8. The third kappa shape index (κ3) is 4.57. The summed E-state index contributed by atoms with van der Waals surface area (Å²) in [6, 6.07) is 8.29. The Morgan fingerprint density at radius 2 is 1.70 bits per heavy atom. The van der Waals surface area contributed by atoms with Gasteiger partial charge in [0.25, 0.3) is 0 Å². The largest absolute Gasteiger partial charge is 0.326 e. The maximum absolute atomic E-state index is 12.5. The molecule has 0 atom stereocenters. The van der Waals surface area contributed by atoms with Crippen LogP contribution in [0.2, 0.25) is 0 Å². The zero-order valence-electron chi connectivity index (χ0n) is 14.8. The van der Waals surface area contributed by atoms with E-state index in [1.54, 1.807) is 0 Å². The number of nitrogens with one attached hydrogen (secondary N) is 1. The summed E-state index contributed by atoms with van der Waals surface area (Å²) in [6.07, 6.45) is 4.81. The predicted molar refractivity (Wildman–Crippen MR) is 95.7 cm³/mol. The lowest BCUT2D eigenvalue weighted by atomic mass is 9.87. The van der Waals surface area contributed by atoms with Crippen LogP contribution in [0.25, 0.3) is 0 Å². The summed E-state index contributed by atoms with van der Waals surface area (Å²) in [7, 11) is 0. The summed E-state index contributed by atoms with van der Waals surface area (Å²) >= 11 is 0. The smallest absolute Gasteiger partial charge is 0.227 e. The van der Waals surface area contributed by atoms with Gasteiger partial charge in [-0.05, 0) is 67.8 Å². The standard InChI is InChI=1S/C20H30N2O/c1-20(2,3)17-6-8-18(9-7-17)21-19(23)16-10-12-22(13-11-16)14-15-4-5-15/h6-9,15-16H,4-5,10-14H2,1-3H3,(H,21,23). The van der Waals surface area contributed by atoms with Crippen molar-refractivity contribution in [1.29, 1.82) is 0 Å². The van der Waals surface area contributed by atoms with Crippen molar-refractivity contribution in [3.05, 3.63) is 29.8 Å². The number of hydrogen-bond donors (Lipinski definition) is 1. The first kappa shape index (κ1) is 16.5. The molecule has 0 spiro atoms. The summed E-state index contributed by atoms with van der Waals surface area (Å²) < 4.78 is 0. The number of carbonyl (C=O) groups is 1. The van der Waals surface area contributed by atoms with E-state index in [2.05, 4.69) is 43.1 Å². The molecule has 1 amide bonds. The number of nitrogens with zero attached hydrogens (tertiary/aromatic N) is 1. The molecule has 0 radical (unpaired) electrons. The minimum absolute atomic E-state index is 0.150. The molecule has 23 heavy (non-hydrogen) atoms. The number of likely N-dealkylation sites (tertiary alicyclic amines) is 1. The Hall–Kier alpha value is -1.35. The fourth-order valence-electron chi connectivity index (χ4n) is 3.34. The van der Waals surface area contributed by atoms with Gasteiger partial charge in [-0.15, -0.1) is 0 Å². The van der Waals surface area contributed by atoms with Crippen molar-refractivity contribution < 1.29 is 4.79 Å². The van der Waals surface area contributed by atoms with Crippen LogP contribution in [0.1, 0.15) is 52.0 Å². The first-order chi connectivity index (χ1) is 10.9. The lowest BCUT2D eigenvalue weighted by Crippen LogP contribution is -2.39. The highest BCUT2D eigenvalue weighted by Gasteiger charge is 2.29. The van der Waals surface area contributed by atoms with Gasteiger partial charge >= 0.3 is 0 Å². The number of piperidine rings is 1. The Morgan fingerprint density at radius 1 is 1.09 bits per heavy atom. The van der Waals surface area contributed by atoms with Gasteiger partial charge in [0.1, 0.15) is 0 Å². The van der Waals surface area contributed by atoms with Gasteiger partial charge in [0.05, 0.1) is 0 Å². The SMILES string of the molecule is CC(C)(C)c1ccc(NC(=O)C2CCN(CC3CC3)CC2)cc1. The van der Waals surface area contributed by atoms with Crippen molar-refractivity contribution in [1.82, 2.24) is 4.90 Å². The van der Waals surface area contributed by atoms with Crippen LogP contribution < -0.4 is 5.32 Å². The summed E-state index contributed by atoms with van der Waals surface area (Å²) in [6.45, 7) is 10.0. The molecule has 0 bridgehead atoms. The number of rotatable bonds is 4. The topological polar surface area (TPSA) is 32.3 Å². The van der Waals surface area contributed by atoms with Gasteiger partial charge in [-0.2, -0.15) is 0 Å². The monoisotopic (exact) mass is 314 g/mol. The molecule has 1 aliphatic carbocycles. The molecule has 2 fully saturated rings. The van der Waals surface area contributed by atoms with E-state index in [9.17, 15) is 4.79 Å². The Morgan fingerprint density at radius 3 is 2.22 bits per heavy atom. The third-order valence-corrected chi connectivity index (χ3v) is 5.19. The van der Waals surface area contributed by atoms with E-state index < -0.39 is 0 Å². The number of carbonyl (C=O) groups excluding carboxylic acids is 1. The van der Waals surface area contributed by atoms with Gasteiger partial charge in [0, 0.05) is 18.2 Å². The molecule has 1 saturated carbocycles. The summed E-state index contributed by atoms with van der Waals surface area (Å²) in [5.74, 6) is 1.31. The molecule has 1 N–H and O–H groups in total. The average Bonchev–Trinajstić information content (AvgIpc) is 3.31. The van der Waals surface area contributed by atoms with E-state index in [1.807, 2.05) is 12.1 Å². The second-order valence-electron chi connectivity index (χ2n) is 8.33. The molecule has 3 nitrogen and oxygen atoms in total. The van der Waals surface area contributed by atoms with E-state index >= 15 is 0 Å². The molecule has 1 aromatic carbocycles. The molecule has 3 heteroatoms. The molecular formula is C20H30N2O. The molecule has 2 aliphatic rings. The Kier molecular flexibility index (Phi) is 4.77. The number of hydrogen-bond acceptors (Lipinski definition) is 2. The molecule has 1 heterocycles.